The number of imidazole rings is 1. The molecule has 2 heterocycles. The molecule has 0 atom stereocenters. The van der Waals surface area contributed by atoms with E-state index in [1.807, 2.05) is 24.3 Å². The van der Waals surface area contributed by atoms with Crippen molar-refractivity contribution in [2.75, 3.05) is 7.05 Å². The third kappa shape index (κ3) is 2.10. The lowest BCUT2D eigenvalue weighted by molar-refractivity contribution is 0.331. The normalized spacial score (nSPS) is 12.9. The monoisotopic (exact) mass is 322 g/mol. The van der Waals surface area contributed by atoms with Gasteiger partial charge in [-0.3, -0.25) is 9.39 Å². The van der Waals surface area contributed by atoms with Gasteiger partial charge in [-0.15, -0.1) is 0 Å². The molecule has 2 aromatic heterocycles. The Morgan fingerprint density at radius 1 is 1.17 bits per heavy atom. The summed E-state index contributed by atoms with van der Waals surface area (Å²) < 4.78 is 3.40. The quantitative estimate of drug-likeness (QED) is 0.317. The first-order chi connectivity index (χ1) is 11.3. The molecule has 23 heavy (non-hydrogen) atoms. The minimum absolute atomic E-state index is 0.462. The molecular formula is C17H14N4OS. The van der Waals surface area contributed by atoms with Crippen LogP contribution in [0.4, 0.5) is 0 Å². The maximum Gasteiger partial charge on any atom is 0.253 e. The number of benzene rings is 2. The highest BCUT2D eigenvalue weighted by atomic mass is 32.1. The van der Waals surface area contributed by atoms with Crippen LogP contribution in [-0.4, -0.2) is 28.5 Å². The van der Waals surface area contributed by atoms with Crippen molar-refractivity contribution in [1.29, 1.82) is 0 Å². The van der Waals surface area contributed by atoms with E-state index in [0.717, 1.165) is 27.1 Å². The Morgan fingerprint density at radius 2 is 2.00 bits per heavy atom. The molecule has 0 aliphatic rings. The van der Waals surface area contributed by atoms with Gasteiger partial charge in [-0.1, -0.05) is 34.7 Å². The SMILES string of the molecule is C/C=N/O/C(=N\C)c1cccc2c1nc1sc3ccccc3n12. The molecule has 0 bridgehead atoms. The second-order valence-electron chi connectivity index (χ2n) is 4.96. The number of aliphatic imine (C=N–C) groups is 1. The Kier molecular flexibility index (Phi) is 3.31. The van der Waals surface area contributed by atoms with Gasteiger partial charge in [-0.2, -0.15) is 0 Å². The molecule has 0 N–H and O–H groups in total. The molecule has 0 saturated heterocycles. The summed E-state index contributed by atoms with van der Waals surface area (Å²) in [5.74, 6) is 0.462. The fourth-order valence-corrected chi connectivity index (χ4v) is 3.72. The van der Waals surface area contributed by atoms with Gasteiger partial charge in [0.1, 0.15) is 5.52 Å². The van der Waals surface area contributed by atoms with E-state index in [1.54, 1.807) is 31.5 Å². The minimum Gasteiger partial charge on any atom is -0.337 e. The molecule has 0 aliphatic heterocycles. The van der Waals surface area contributed by atoms with Crippen LogP contribution >= 0.6 is 11.3 Å². The number of hydrogen-bond donors (Lipinski definition) is 0. The van der Waals surface area contributed by atoms with Crippen LogP contribution in [0.3, 0.4) is 0 Å². The number of oxime groups is 1. The standard InChI is InChI=1S/C17H14N4OS/c1-3-19-22-16(18-2)11-7-6-9-13-15(11)20-17-21(13)12-8-4-5-10-14(12)23-17/h3-10H,1-2H3/b18-16-,19-3+. The molecule has 0 saturated carbocycles. The molecule has 5 nitrogen and oxygen atoms in total. The van der Waals surface area contributed by atoms with Crippen molar-refractivity contribution in [1.82, 2.24) is 9.38 Å². The number of hydrogen-bond acceptors (Lipinski definition) is 5. The van der Waals surface area contributed by atoms with Crippen LogP contribution in [0.5, 0.6) is 0 Å². The van der Waals surface area contributed by atoms with Crippen molar-refractivity contribution in [3.05, 3.63) is 48.0 Å². The van der Waals surface area contributed by atoms with Crippen molar-refractivity contribution >= 4 is 49.7 Å². The van der Waals surface area contributed by atoms with Gasteiger partial charge in [0.25, 0.3) is 5.90 Å². The first-order valence-electron chi connectivity index (χ1n) is 7.24. The van der Waals surface area contributed by atoms with Crippen LogP contribution in [0.25, 0.3) is 26.2 Å². The van der Waals surface area contributed by atoms with Crippen LogP contribution in [0, 0.1) is 0 Å². The Bertz CT molecular complexity index is 1070. The zero-order chi connectivity index (χ0) is 15.8. The van der Waals surface area contributed by atoms with E-state index in [9.17, 15) is 0 Å². The summed E-state index contributed by atoms with van der Waals surface area (Å²) in [4.78, 5) is 15.3. The second kappa shape index (κ2) is 5.48. The van der Waals surface area contributed by atoms with E-state index in [2.05, 4.69) is 32.7 Å². The number of aromatic nitrogens is 2. The highest BCUT2D eigenvalue weighted by molar-refractivity contribution is 7.23. The Balaban J connectivity index is 2.03. The van der Waals surface area contributed by atoms with Crippen molar-refractivity contribution in [3.8, 4) is 0 Å². The highest BCUT2D eigenvalue weighted by Gasteiger charge is 2.16. The molecule has 0 spiro atoms. The van der Waals surface area contributed by atoms with Gasteiger partial charge in [0, 0.05) is 13.3 Å². The zero-order valence-corrected chi connectivity index (χ0v) is 13.5. The van der Waals surface area contributed by atoms with Crippen LogP contribution in [-0.2, 0) is 4.84 Å². The highest BCUT2D eigenvalue weighted by Crippen LogP contribution is 2.31. The summed E-state index contributed by atoms with van der Waals surface area (Å²) >= 11 is 1.67. The number of rotatable bonds is 2. The molecule has 4 aromatic rings. The van der Waals surface area contributed by atoms with E-state index in [0.29, 0.717) is 5.90 Å². The van der Waals surface area contributed by atoms with Crippen molar-refractivity contribution in [2.24, 2.45) is 10.1 Å². The Morgan fingerprint density at radius 3 is 2.83 bits per heavy atom. The van der Waals surface area contributed by atoms with Gasteiger partial charge in [0.2, 0.25) is 0 Å². The molecule has 0 unspecified atom stereocenters. The Labute approximate surface area is 136 Å². The summed E-state index contributed by atoms with van der Waals surface area (Å²) in [7, 11) is 1.69. The first-order valence-corrected chi connectivity index (χ1v) is 8.06. The van der Waals surface area contributed by atoms with Crippen molar-refractivity contribution < 1.29 is 4.84 Å². The largest absolute Gasteiger partial charge is 0.337 e. The fraction of sp³-hybridized carbons (Fsp3) is 0.118. The average molecular weight is 322 g/mol. The fourth-order valence-electron chi connectivity index (χ4n) is 2.69. The molecule has 114 valence electrons. The second-order valence-corrected chi connectivity index (χ2v) is 5.97. The van der Waals surface area contributed by atoms with Gasteiger partial charge in [0.15, 0.2) is 4.96 Å². The predicted molar refractivity (Wildman–Crippen MR) is 95.8 cm³/mol. The minimum atomic E-state index is 0.462. The molecule has 0 radical (unpaired) electrons. The molecule has 4 rings (SSSR count). The van der Waals surface area contributed by atoms with E-state index in [-0.39, 0.29) is 0 Å². The smallest absolute Gasteiger partial charge is 0.253 e. The predicted octanol–water partition coefficient (Wildman–Crippen LogP) is 4.10. The molecule has 0 amide bonds. The van der Waals surface area contributed by atoms with Gasteiger partial charge < -0.3 is 4.84 Å². The third-order valence-corrected chi connectivity index (χ3v) is 4.66. The van der Waals surface area contributed by atoms with Crippen molar-refractivity contribution in [3.63, 3.8) is 0 Å². The van der Waals surface area contributed by atoms with Crippen LogP contribution in [0.2, 0.25) is 0 Å². The van der Waals surface area contributed by atoms with Gasteiger partial charge in [-0.05, 0) is 31.2 Å². The summed E-state index contributed by atoms with van der Waals surface area (Å²) in [6.45, 7) is 1.80. The van der Waals surface area contributed by atoms with E-state index >= 15 is 0 Å². The van der Waals surface area contributed by atoms with E-state index in [4.69, 9.17) is 9.82 Å². The summed E-state index contributed by atoms with van der Waals surface area (Å²) in [6.07, 6.45) is 1.59. The number of thiazole rings is 1. The maximum atomic E-state index is 5.37. The van der Waals surface area contributed by atoms with Crippen LogP contribution in [0.1, 0.15) is 12.5 Å². The van der Waals surface area contributed by atoms with Crippen molar-refractivity contribution in [2.45, 2.75) is 6.92 Å². The van der Waals surface area contributed by atoms with Crippen LogP contribution < -0.4 is 0 Å². The van der Waals surface area contributed by atoms with Gasteiger partial charge in [0.05, 0.1) is 21.3 Å². The lowest BCUT2D eigenvalue weighted by Gasteiger charge is -2.03. The lowest BCUT2D eigenvalue weighted by Crippen LogP contribution is -2.04. The lowest BCUT2D eigenvalue weighted by atomic mass is 10.2. The third-order valence-electron chi connectivity index (χ3n) is 3.64. The van der Waals surface area contributed by atoms with E-state index in [1.165, 1.54) is 4.70 Å². The Hall–Kier alpha value is -2.73. The number of para-hydroxylation sites is 2. The maximum absolute atomic E-state index is 5.37. The molecule has 6 heteroatoms. The topological polar surface area (TPSA) is 51.2 Å². The first kappa shape index (κ1) is 13.9. The summed E-state index contributed by atoms with van der Waals surface area (Å²) in [5, 5.41) is 3.83. The van der Waals surface area contributed by atoms with Gasteiger partial charge >= 0.3 is 0 Å². The molecule has 0 fully saturated rings. The number of nitrogens with zero attached hydrogens (tertiary/aromatic N) is 4. The van der Waals surface area contributed by atoms with Gasteiger partial charge in [-0.25, -0.2) is 4.98 Å². The molecule has 2 aromatic carbocycles. The summed E-state index contributed by atoms with van der Waals surface area (Å²) in [6, 6.07) is 14.3. The molecular weight excluding hydrogens is 308 g/mol. The molecule has 0 aliphatic carbocycles. The zero-order valence-electron chi connectivity index (χ0n) is 12.7. The van der Waals surface area contributed by atoms with Crippen LogP contribution in [0.15, 0.2) is 52.6 Å². The summed E-state index contributed by atoms with van der Waals surface area (Å²) in [5.41, 5.74) is 3.92. The number of fused-ring (bicyclic) bond motifs is 5. The van der Waals surface area contributed by atoms with E-state index < -0.39 is 0 Å². The average Bonchev–Trinajstić information content (AvgIpc) is 3.11.